The highest BCUT2D eigenvalue weighted by molar-refractivity contribution is 8.06. The largest absolute Gasteiger partial charge is 0.368 e. The van der Waals surface area contributed by atoms with Crippen LogP contribution < -0.4 is 5.73 Å². The summed E-state index contributed by atoms with van der Waals surface area (Å²) in [5, 5.41) is -1.05. The number of nitrogen functional groups attached to an aromatic ring is 1. The smallest absolute Gasteiger partial charge is 0.294 e. The van der Waals surface area contributed by atoms with Crippen molar-refractivity contribution in [1.82, 2.24) is 9.97 Å². The van der Waals surface area contributed by atoms with Crippen molar-refractivity contribution in [1.29, 1.82) is 0 Å². The number of hydrogen-bond donors (Lipinski definition) is 1. The van der Waals surface area contributed by atoms with Crippen LogP contribution in [0.4, 0.5) is 5.95 Å². The van der Waals surface area contributed by atoms with Gasteiger partial charge in [-0.2, -0.15) is 0 Å². The Morgan fingerprint density at radius 3 is 2.62 bits per heavy atom. The molecular formula is C6H7N3O3S. The SMILES string of the molecule is CS(=O)(=O)C(=O)c1ccnc(N)n1. The van der Waals surface area contributed by atoms with E-state index in [0.717, 1.165) is 6.26 Å². The summed E-state index contributed by atoms with van der Waals surface area (Å²) < 4.78 is 21.6. The molecule has 2 N–H and O–H groups in total. The van der Waals surface area contributed by atoms with Crippen LogP contribution in [0.3, 0.4) is 0 Å². The molecule has 7 heteroatoms. The Kier molecular flexibility index (Phi) is 2.28. The molecule has 0 aliphatic rings. The molecule has 0 amide bonds. The molecule has 70 valence electrons. The predicted molar refractivity (Wildman–Crippen MR) is 45.6 cm³/mol. The maximum Gasteiger partial charge on any atom is 0.294 e. The minimum Gasteiger partial charge on any atom is -0.368 e. The summed E-state index contributed by atoms with van der Waals surface area (Å²) in [4.78, 5) is 18.1. The van der Waals surface area contributed by atoms with Gasteiger partial charge in [0.1, 0.15) is 5.69 Å². The Bertz CT molecular complexity index is 440. The van der Waals surface area contributed by atoms with Crippen LogP contribution in [0.5, 0.6) is 0 Å². The first-order valence-electron chi connectivity index (χ1n) is 3.24. The highest BCUT2D eigenvalue weighted by atomic mass is 32.2. The number of carbonyl (C=O) groups excluding carboxylic acids is 1. The van der Waals surface area contributed by atoms with Crippen LogP contribution >= 0.6 is 0 Å². The van der Waals surface area contributed by atoms with E-state index in [-0.39, 0.29) is 11.6 Å². The molecule has 13 heavy (non-hydrogen) atoms. The monoisotopic (exact) mass is 201 g/mol. The third kappa shape index (κ3) is 2.22. The molecule has 0 aliphatic heterocycles. The summed E-state index contributed by atoms with van der Waals surface area (Å²) in [6.07, 6.45) is 2.04. The maximum absolute atomic E-state index is 11.1. The molecule has 0 unspecified atom stereocenters. The quantitative estimate of drug-likeness (QED) is 0.640. The summed E-state index contributed by atoms with van der Waals surface area (Å²) in [5.74, 6) is -0.130. The van der Waals surface area contributed by atoms with Gasteiger partial charge in [0.2, 0.25) is 15.8 Å². The molecule has 0 saturated heterocycles. The topological polar surface area (TPSA) is 103 Å². The van der Waals surface area contributed by atoms with E-state index in [9.17, 15) is 13.2 Å². The van der Waals surface area contributed by atoms with E-state index < -0.39 is 15.0 Å². The predicted octanol–water partition coefficient (Wildman–Crippen LogP) is -0.756. The molecule has 0 atom stereocenters. The van der Waals surface area contributed by atoms with Crippen molar-refractivity contribution in [3.8, 4) is 0 Å². The van der Waals surface area contributed by atoms with Gasteiger partial charge in [0.15, 0.2) is 0 Å². The molecule has 0 fully saturated rings. The molecule has 1 aromatic heterocycles. The van der Waals surface area contributed by atoms with Gasteiger partial charge in [-0.1, -0.05) is 0 Å². The van der Waals surface area contributed by atoms with Crippen LogP contribution in [-0.4, -0.2) is 29.8 Å². The van der Waals surface area contributed by atoms with E-state index in [1.165, 1.54) is 12.3 Å². The van der Waals surface area contributed by atoms with Crippen molar-refractivity contribution in [2.45, 2.75) is 0 Å². The zero-order valence-corrected chi connectivity index (χ0v) is 7.58. The fourth-order valence-corrected chi connectivity index (χ4v) is 1.17. The average molecular weight is 201 g/mol. The minimum absolute atomic E-state index is 0.130. The van der Waals surface area contributed by atoms with E-state index in [0.29, 0.717) is 0 Å². The van der Waals surface area contributed by atoms with Gasteiger partial charge in [0.25, 0.3) is 5.12 Å². The van der Waals surface area contributed by atoms with Gasteiger partial charge in [0, 0.05) is 12.5 Å². The lowest BCUT2D eigenvalue weighted by molar-refractivity contribution is 0.107. The Morgan fingerprint density at radius 2 is 2.15 bits per heavy atom. The summed E-state index contributed by atoms with van der Waals surface area (Å²) in [6.45, 7) is 0. The first kappa shape index (κ1) is 9.59. The Hall–Kier alpha value is -1.50. The number of anilines is 1. The lowest BCUT2D eigenvalue weighted by Gasteiger charge is -1.96. The van der Waals surface area contributed by atoms with E-state index in [1.807, 2.05) is 0 Å². The zero-order valence-electron chi connectivity index (χ0n) is 6.76. The second-order valence-electron chi connectivity index (χ2n) is 2.36. The van der Waals surface area contributed by atoms with Gasteiger partial charge in [0.05, 0.1) is 0 Å². The Labute approximate surface area is 74.7 Å². The third-order valence-corrected chi connectivity index (χ3v) is 2.10. The normalized spacial score (nSPS) is 11.2. The van der Waals surface area contributed by atoms with Gasteiger partial charge in [-0.25, -0.2) is 18.4 Å². The Morgan fingerprint density at radius 1 is 1.54 bits per heavy atom. The number of nitrogens with zero attached hydrogens (tertiary/aromatic N) is 2. The van der Waals surface area contributed by atoms with Crippen LogP contribution in [0.25, 0.3) is 0 Å². The van der Waals surface area contributed by atoms with Crippen LogP contribution in [0, 0.1) is 0 Å². The molecule has 0 spiro atoms. The van der Waals surface area contributed by atoms with E-state index >= 15 is 0 Å². The number of aromatic nitrogens is 2. The summed E-state index contributed by atoms with van der Waals surface area (Å²) >= 11 is 0. The average Bonchev–Trinajstić information content (AvgIpc) is 2.01. The van der Waals surface area contributed by atoms with Crippen molar-refractivity contribution < 1.29 is 13.2 Å². The Balaban J connectivity index is 3.18. The molecule has 0 saturated carbocycles. The molecule has 1 heterocycles. The van der Waals surface area contributed by atoms with Gasteiger partial charge in [-0.15, -0.1) is 0 Å². The molecule has 0 aromatic carbocycles. The highest BCUT2D eigenvalue weighted by Crippen LogP contribution is 2.02. The number of hydrogen-bond acceptors (Lipinski definition) is 6. The van der Waals surface area contributed by atoms with Crippen molar-refractivity contribution in [2.24, 2.45) is 0 Å². The molecule has 0 bridgehead atoms. The third-order valence-electron chi connectivity index (χ3n) is 1.22. The highest BCUT2D eigenvalue weighted by Gasteiger charge is 2.19. The van der Waals surface area contributed by atoms with E-state index in [4.69, 9.17) is 5.73 Å². The van der Waals surface area contributed by atoms with Crippen LogP contribution in [-0.2, 0) is 9.84 Å². The van der Waals surface area contributed by atoms with Gasteiger partial charge in [-0.05, 0) is 6.07 Å². The molecule has 0 radical (unpaired) electrons. The number of sulfone groups is 1. The molecular weight excluding hydrogens is 194 g/mol. The zero-order chi connectivity index (χ0) is 10.1. The lowest BCUT2D eigenvalue weighted by atomic mass is 10.4. The summed E-state index contributed by atoms with van der Waals surface area (Å²) in [7, 11) is -3.76. The molecule has 1 rings (SSSR count). The van der Waals surface area contributed by atoms with Crippen LogP contribution in [0.1, 0.15) is 10.5 Å². The fraction of sp³-hybridized carbons (Fsp3) is 0.167. The second kappa shape index (κ2) is 3.09. The molecule has 0 aliphatic carbocycles. The molecule has 6 nitrogen and oxygen atoms in total. The maximum atomic E-state index is 11.1. The number of carbonyl (C=O) groups is 1. The van der Waals surface area contributed by atoms with Crippen LogP contribution in [0.15, 0.2) is 12.3 Å². The standard InChI is InChI=1S/C6H7N3O3S/c1-13(11,12)5(10)4-2-3-8-6(7)9-4/h2-3H,1H3,(H2,7,8,9). The minimum atomic E-state index is -3.76. The van der Waals surface area contributed by atoms with E-state index in [2.05, 4.69) is 9.97 Å². The lowest BCUT2D eigenvalue weighted by Crippen LogP contribution is -2.15. The van der Waals surface area contributed by atoms with Crippen LogP contribution in [0.2, 0.25) is 0 Å². The second-order valence-corrected chi connectivity index (χ2v) is 4.27. The van der Waals surface area contributed by atoms with E-state index in [1.54, 1.807) is 0 Å². The van der Waals surface area contributed by atoms with Gasteiger partial charge in [-0.3, -0.25) is 4.79 Å². The summed E-state index contributed by atoms with van der Waals surface area (Å²) in [5.41, 5.74) is 4.96. The first-order chi connectivity index (χ1) is 5.91. The van der Waals surface area contributed by atoms with Crippen molar-refractivity contribution in [3.05, 3.63) is 18.0 Å². The fourth-order valence-electron chi connectivity index (χ4n) is 0.677. The number of nitrogens with two attached hydrogens (primary N) is 1. The van der Waals surface area contributed by atoms with Gasteiger partial charge >= 0.3 is 0 Å². The van der Waals surface area contributed by atoms with Crippen molar-refractivity contribution in [3.63, 3.8) is 0 Å². The number of rotatable bonds is 1. The molecule has 1 aromatic rings. The van der Waals surface area contributed by atoms with Crippen molar-refractivity contribution >= 4 is 20.9 Å². The van der Waals surface area contributed by atoms with Gasteiger partial charge < -0.3 is 5.73 Å². The summed E-state index contributed by atoms with van der Waals surface area (Å²) in [6, 6.07) is 1.19. The van der Waals surface area contributed by atoms with Crippen molar-refractivity contribution in [2.75, 3.05) is 12.0 Å². The first-order valence-corrected chi connectivity index (χ1v) is 5.13.